The predicted molar refractivity (Wildman–Crippen MR) is 48.8 cm³/mol. The van der Waals surface area contributed by atoms with Gasteiger partial charge in [0.25, 0.3) is 0 Å². The number of ketones is 1. The number of fused-ring (bicyclic) bond motifs is 1. The summed E-state index contributed by atoms with van der Waals surface area (Å²) in [5.41, 5.74) is 1.76. The highest BCUT2D eigenvalue weighted by atomic mass is 16.1. The van der Waals surface area contributed by atoms with Crippen molar-refractivity contribution in [3.8, 4) is 0 Å². The molecule has 2 rings (SSSR count). The Balaban J connectivity index is 2.34. The lowest BCUT2D eigenvalue weighted by atomic mass is 9.74. The maximum Gasteiger partial charge on any atom is 0.134 e. The van der Waals surface area contributed by atoms with Crippen LogP contribution < -0.4 is 0 Å². The van der Waals surface area contributed by atoms with Crippen LogP contribution in [0, 0.1) is 11.3 Å². The first-order chi connectivity index (χ1) is 5.69. The van der Waals surface area contributed by atoms with Gasteiger partial charge in [-0.2, -0.15) is 0 Å². The second-order valence-corrected chi connectivity index (χ2v) is 4.25. The van der Waals surface area contributed by atoms with Crippen molar-refractivity contribution in [2.75, 3.05) is 0 Å². The quantitative estimate of drug-likeness (QED) is 0.544. The molecule has 0 aromatic heterocycles. The Kier molecular flexibility index (Phi) is 1.64. The first-order valence-electron chi connectivity index (χ1n) is 4.88. The van der Waals surface area contributed by atoms with E-state index in [2.05, 4.69) is 19.9 Å². The van der Waals surface area contributed by atoms with E-state index < -0.39 is 0 Å². The van der Waals surface area contributed by atoms with Crippen LogP contribution in [0.5, 0.6) is 0 Å². The van der Waals surface area contributed by atoms with Crippen LogP contribution in [0.1, 0.15) is 39.5 Å². The minimum absolute atomic E-state index is 0.289. The highest BCUT2D eigenvalue weighted by Gasteiger charge is 2.48. The van der Waals surface area contributed by atoms with Gasteiger partial charge in [-0.25, -0.2) is 0 Å². The zero-order chi connectivity index (χ0) is 8.77. The summed E-state index contributed by atoms with van der Waals surface area (Å²) in [6.07, 6.45) is 6.27. The molecule has 1 nitrogen and oxygen atoms in total. The molecule has 0 radical (unpaired) electrons. The highest BCUT2D eigenvalue weighted by molar-refractivity contribution is 5.83. The fourth-order valence-electron chi connectivity index (χ4n) is 3.02. The van der Waals surface area contributed by atoms with Crippen molar-refractivity contribution in [3.63, 3.8) is 0 Å². The summed E-state index contributed by atoms with van der Waals surface area (Å²) < 4.78 is 0. The van der Waals surface area contributed by atoms with Gasteiger partial charge in [-0.1, -0.05) is 18.6 Å². The molecule has 1 heteroatoms. The molecule has 0 aromatic carbocycles. The Labute approximate surface area is 73.8 Å². The van der Waals surface area contributed by atoms with Crippen molar-refractivity contribution in [1.82, 2.24) is 0 Å². The van der Waals surface area contributed by atoms with E-state index in [4.69, 9.17) is 0 Å². The number of Topliss-reactive ketones (excluding diaryl/α,β-unsaturated/α-hetero) is 1. The molecule has 2 aliphatic carbocycles. The van der Waals surface area contributed by atoms with Crippen LogP contribution in [0.2, 0.25) is 0 Å². The van der Waals surface area contributed by atoms with E-state index in [1.807, 2.05) is 0 Å². The molecule has 0 saturated heterocycles. The van der Waals surface area contributed by atoms with Crippen LogP contribution in [-0.2, 0) is 4.79 Å². The molecule has 1 fully saturated rings. The summed E-state index contributed by atoms with van der Waals surface area (Å²) in [5, 5.41) is 0. The molecule has 0 heterocycles. The standard InChI is InChI=1S/C11H16O/c1-3-11-7-10(12)6-9(11)5-4-8(11)2/h4,9H,3,5-7H2,1-2H3/t9-,11-/m1/s1. The molecule has 12 heavy (non-hydrogen) atoms. The van der Waals surface area contributed by atoms with Crippen molar-refractivity contribution < 1.29 is 4.79 Å². The van der Waals surface area contributed by atoms with Crippen LogP contribution in [0.15, 0.2) is 11.6 Å². The van der Waals surface area contributed by atoms with Gasteiger partial charge in [0.2, 0.25) is 0 Å². The molecule has 0 aromatic rings. The van der Waals surface area contributed by atoms with E-state index in [0.29, 0.717) is 11.7 Å². The highest BCUT2D eigenvalue weighted by Crippen LogP contribution is 2.54. The fourth-order valence-corrected chi connectivity index (χ4v) is 3.02. The minimum Gasteiger partial charge on any atom is -0.300 e. The van der Waals surface area contributed by atoms with E-state index in [-0.39, 0.29) is 5.41 Å². The molecule has 0 unspecified atom stereocenters. The van der Waals surface area contributed by atoms with E-state index in [9.17, 15) is 4.79 Å². The second kappa shape index (κ2) is 2.45. The first kappa shape index (κ1) is 8.03. The van der Waals surface area contributed by atoms with Gasteiger partial charge in [0.15, 0.2) is 0 Å². The minimum atomic E-state index is 0.289. The van der Waals surface area contributed by atoms with Gasteiger partial charge in [-0.3, -0.25) is 4.79 Å². The largest absolute Gasteiger partial charge is 0.300 e. The monoisotopic (exact) mass is 164 g/mol. The Morgan fingerprint density at radius 3 is 3.00 bits per heavy atom. The van der Waals surface area contributed by atoms with Gasteiger partial charge in [0.1, 0.15) is 5.78 Å². The summed E-state index contributed by atoms with van der Waals surface area (Å²) in [5.74, 6) is 1.13. The number of hydrogen-bond donors (Lipinski definition) is 0. The number of hydrogen-bond acceptors (Lipinski definition) is 1. The summed E-state index contributed by atoms with van der Waals surface area (Å²) in [7, 11) is 0. The van der Waals surface area contributed by atoms with E-state index in [1.54, 1.807) is 0 Å². The molecule has 2 aliphatic rings. The maximum atomic E-state index is 11.3. The molecule has 0 bridgehead atoms. The second-order valence-electron chi connectivity index (χ2n) is 4.25. The Bertz CT molecular complexity index is 252. The van der Waals surface area contributed by atoms with Gasteiger partial charge in [-0.05, 0) is 25.7 Å². The summed E-state index contributed by atoms with van der Waals surface area (Å²) in [6, 6.07) is 0. The Morgan fingerprint density at radius 1 is 1.67 bits per heavy atom. The van der Waals surface area contributed by atoms with Crippen LogP contribution in [-0.4, -0.2) is 5.78 Å². The molecule has 0 spiro atoms. The topological polar surface area (TPSA) is 17.1 Å². The van der Waals surface area contributed by atoms with Crippen LogP contribution in [0.4, 0.5) is 0 Å². The lowest BCUT2D eigenvalue weighted by Gasteiger charge is -2.29. The van der Waals surface area contributed by atoms with Crippen LogP contribution in [0.25, 0.3) is 0 Å². The zero-order valence-electron chi connectivity index (χ0n) is 7.89. The van der Waals surface area contributed by atoms with Gasteiger partial charge in [0.05, 0.1) is 0 Å². The van der Waals surface area contributed by atoms with Gasteiger partial charge in [-0.15, -0.1) is 0 Å². The number of allylic oxidation sites excluding steroid dienone is 2. The van der Waals surface area contributed by atoms with Gasteiger partial charge in [0, 0.05) is 18.3 Å². The van der Waals surface area contributed by atoms with Crippen molar-refractivity contribution >= 4 is 5.78 Å². The van der Waals surface area contributed by atoms with Crippen molar-refractivity contribution in [1.29, 1.82) is 0 Å². The van der Waals surface area contributed by atoms with Crippen molar-refractivity contribution in [2.24, 2.45) is 11.3 Å². The third-order valence-corrected chi connectivity index (χ3v) is 3.89. The van der Waals surface area contributed by atoms with E-state index in [0.717, 1.165) is 25.7 Å². The van der Waals surface area contributed by atoms with E-state index in [1.165, 1.54) is 5.57 Å². The molecule has 66 valence electrons. The van der Waals surface area contributed by atoms with Gasteiger partial charge < -0.3 is 0 Å². The molecule has 0 N–H and O–H groups in total. The molecule has 2 atom stereocenters. The summed E-state index contributed by atoms with van der Waals surface area (Å²) in [4.78, 5) is 11.3. The molecule has 0 amide bonds. The summed E-state index contributed by atoms with van der Waals surface area (Å²) in [6.45, 7) is 4.41. The lowest BCUT2D eigenvalue weighted by molar-refractivity contribution is -0.118. The van der Waals surface area contributed by atoms with E-state index >= 15 is 0 Å². The predicted octanol–water partition coefficient (Wildman–Crippen LogP) is 2.71. The number of carbonyl (C=O) groups is 1. The SMILES string of the molecule is CC[C@]12CC(=O)C[C@H]1CC=C2C. The van der Waals surface area contributed by atoms with Crippen LogP contribution >= 0.6 is 0 Å². The number of carbonyl (C=O) groups excluding carboxylic acids is 1. The van der Waals surface area contributed by atoms with Gasteiger partial charge >= 0.3 is 0 Å². The Hall–Kier alpha value is -0.590. The summed E-state index contributed by atoms with van der Waals surface area (Å²) >= 11 is 0. The zero-order valence-corrected chi connectivity index (χ0v) is 7.89. The maximum absolute atomic E-state index is 11.3. The lowest BCUT2D eigenvalue weighted by Crippen LogP contribution is -2.21. The smallest absolute Gasteiger partial charge is 0.134 e. The molecular formula is C11H16O. The van der Waals surface area contributed by atoms with Crippen molar-refractivity contribution in [3.05, 3.63) is 11.6 Å². The van der Waals surface area contributed by atoms with Crippen LogP contribution in [0.3, 0.4) is 0 Å². The number of rotatable bonds is 1. The first-order valence-corrected chi connectivity index (χ1v) is 4.88. The fraction of sp³-hybridized carbons (Fsp3) is 0.727. The average Bonchev–Trinajstić information content (AvgIpc) is 2.50. The third-order valence-electron chi connectivity index (χ3n) is 3.89. The average molecular weight is 164 g/mol. The molecule has 0 aliphatic heterocycles. The molecule has 1 saturated carbocycles. The normalized spacial score (nSPS) is 40.0. The molecular weight excluding hydrogens is 148 g/mol. The third kappa shape index (κ3) is 0.825. The van der Waals surface area contributed by atoms with Crippen molar-refractivity contribution in [2.45, 2.75) is 39.5 Å². The Morgan fingerprint density at radius 2 is 2.42 bits per heavy atom.